The van der Waals surface area contributed by atoms with Gasteiger partial charge >= 0.3 is 6.18 Å². The van der Waals surface area contributed by atoms with Crippen molar-refractivity contribution in [2.75, 3.05) is 40.3 Å². The molecule has 0 saturated carbocycles. The Balaban J connectivity index is 2.10. The van der Waals surface area contributed by atoms with Gasteiger partial charge in [-0.3, -0.25) is 24.8 Å². The van der Waals surface area contributed by atoms with Gasteiger partial charge in [-0.25, -0.2) is 0 Å². The molecule has 0 bridgehead atoms. The first-order valence-corrected chi connectivity index (χ1v) is 12.3. The van der Waals surface area contributed by atoms with Gasteiger partial charge in [0.1, 0.15) is 6.61 Å². The predicted octanol–water partition coefficient (Wildman–Crippen LogP) is 3.58. The summed E-state index contributed by atoms with van der Waals surface area (Å²) in [6, 6.07) is 3.48. The number of aryl methyl sites for hydroxylation is 1. The lowest BCUT2D eigenvalue weighted by atomic mass is 9.88. The monoisotopic (exact) mass is 533 g/mol. The number of ether oxygens (including phenoxy) is 1. The van der Waals surface area contributed by atoms with E-state index in [-0.39, 0.29) is 24.6 Å². The van der Waals surface area contributed by atoms with E-state index >= 15 is 0 Å². The number of hydrogen-bond donors (Lipinski definition) is 2. The van der Waals surface area contributed by atoms with Crippen molar-refractivity contribution in [1.82, 2.24) is 19.6 Å². The summed E-state index contributed by atoms with van der Waals surface area (Å²) >= 11 is 0. The highest BCUT2D eigenvalue weighted by molar-refractivity contribution is 6.04. The number of likely N-dealkylation sites (N-methyl/N-ethyl adjacent to an activating group) is 1. The number of nitrogens with two attached hydrogens (primary N) is 1. The second kappa shape index (κ2) is 12.2. The highest BCUT2D eigenvalue weighted by Crippen LogP contribution is 2.40. The number of benzene rings is 1. The number of carbonyl (C=O) groups is 1. The molecule has 1 amide bonds. The molecule has 1 aliphatic rings. The summed E-state index contributed by atoms with van der Waals surface area (Å²) in [7, 11) is 3.46. The minimum atomic E-state index is -4.65. The maximum Gasteiger partial charge on any atom is 0.435 e. The van der Waals surface area contributed by atoms with Gasteiger partial charge in [0.15, 0.2) is 12.1 Å². The van der Waals surface area contributed by atoms with Crippen LogP contribution in [0.5, 0.6) is 0 Å². The van der Waals surface area contributed by atoms with Crippen molar-refractivity contribution < 1.29 is 22.7 Å². The standard InChI is InChI=1S/C26H34F3N7O2/c1-5-36-15-23(24(33-36)26(27,28)29)21-11-18(13-34(4)8-9-38-16-30)12-22-20(21)6-7-35(25(22)37)14-19(32-3)10-17(2)31/h10-12,15-16,30H,5-9,13-14,31H2,1-4H3/b17-10-,30-16?,32-19?. The lowest BCUT2D eigenvalue weighted by molar-refractivity contribution is -0.141. The molecule has 0 aliphatic carbocycles. The number of aromatic nitrogens is 2. The molecule has 1 aromatic carbocycles. The van der Waals surface area contributed by atoms with Crippen molar-refractivity contribution >= 4 is 18.0 Å². The number of allylic oxidation sites excluding steroid dienone is 1. The van der Waals surface area contributed by atoms with Gasteiger partial charge in [-0.1, -0.05) is 0 Å². The third-order valence-corrected chi connectivity index (χ3v) is 6.26. The Morgan fingerprint density at radius 2 is 2.03 bits per heavy atom. The molecule has 0 saturated heterocycles. The number of halogens is 3. The Labute approximate surface area is 220 Å². The molecular weight excluding hydrogens is 499 g/mol. The Bertz CT molecular complexity index is 1230. The topological polar surface area (TPSA) is 113 Å². The van der Waals surface area contributed by atoms with Crippen molar-refractivity contribution in [1.29, 1.82) is 5.41 Å². The molecular formula is C26H34F3N7O2. The number of carbonyl (C=O) groups excluding carboxylic acids is 1. The summed E-state index contributed by atoms with van der Waals surface area (Å²) in [6.07, 6.45) is -0.306. The molecule has 0 fully saturated rings. The lowest BCUT2D eigenvalue weighted by Crippen LogP contribution is -2.41. The van der Waals surface area contributed by atoms with Gasteiger partial charge in [-0.15, -0.1) is 0 Å². The highest BCUT2D eigenvalue weighted by atomic mass is 19.4. The van der Waals surface area contributed by atoms with Gasteiger partial charge < -0.3 is 15.4 Å². The minimum absolute atomic E-state index is 0.0361. The van der Waals surface area contributed by atoms with Crippen molar-refractivity contribution in [3.05, 3.63) is 52.5 Å². The smallest absolute Gasteiger partial charge is 0.435 e. The highest BCUT2D eigenvalue weighted by Gasteiger charge is 2.39. The van der Waals surface area contributed by atoms with Crippen LogP contribution in [0.15, 0.2) is 35.1 Å². The van der Waals surface area contributed by atoms with Crippen LogP contribution in [0.1, 0.15) is 41.0 Å². The van der Waals surface area contributed by atoms with Crippen LogP contribution in [-0.2, 0) is 30.4 Å². The van der Waals surface area contributed by atoms with E-state index in [2.05, 4.69) is 10.1 Å². The molecule has 2 heterocycles. The van der Waals surface area contributed by atoms with Crippen LogP contribution in [0.3, 0.4) is 0 Å². The van der Waals surface area contributed by atoms with E-state index in [1.807, 2.05) is 11.9 Å². The fourth-order valence-electron chi connectivity index (χ4n) is 4.48. The minimum Gasteiger partial charge on any atom is -0.482 e. The molecule has 9 nitrogen and oxygen atoms in total. The van der Waals surface area contributed by atoms with Crippen molar-refractivity contribution in [3.63, 3.8) is 0 Å². The van der Waals surface area contributed by atoms with Crippen LogP contribution in [0, 0.1) is 5.41 Å². The molecule has 206 valence electrons. The maximum atomic E-state index is 14.0. The largest absolute Gasteiger partial charge is 0.482 e. The van der Waals surface area contributed by atoms with Crippen LogP contribution >= 0.6 is 0 Å². The Hall–Kier alpha value is -3.67. The van der Waals surface area contributed by atoms with Crippen LogP contribution in [0.25, 0.3) is 11.1 Å². The first kappa shape index (κ1) is 28.9. The lowest BCUT2D eigenvalue weighted by Gasteiger charge is -2.31. The number of fused-ring (bicyclic) bond motifs is 1. The summed E-state index contributed by atoms with van der Waals surface area (Å²) in [5, 5.41) is 10.8. The average molecular weight is 534 g/mol. The Morgan fingerprint density at radius 3 is 2.63 bits per heavy atom. The zero-order chi connectivity index (χ0) is 28.0. The molecule has 0 radical (unpaired) electrons. The van der Waals surface area contributed by atoms with E-state index in [9.17, 15) is 18.0 Å². The molecule has 1 aliphatic heterocycles. The summed E-state index contributed by atoms with van der Waals surface area (Å²) in [4.78, 5) is 21.4. The zero-order valence-corrected chi connectivity index (χ0v) is 22.1. The second-order valence-electron chi connectivity index (χ2n) is 9.22. The number of nitrogens with one attached hydrogen (secondary N) is 1. The van der Waals surface area contributed by atoms with Crippen molar-refractivity contribution in [2.24, 2.45) is 10.7 Å². The van der Waals surface area contributed by atoms with E-state index in [1.54, 1.807) is 44.0 Å². The SMILES string of the molecule is CCn1cc(-c2cc(CN(C)CCOC=N)cc3c2CCN(CC(/C=C(/C)N)=NC)C3=O)c(C(F)(F)F)n1. The zero-order valence-electron chi connectivity index (χ0n) is 22.1. The molecule has 0 unspecified atom stereocenters. The fourth-order valence-corrected chi connectivity index (χ4v) is 4.48. The average Bonchev–Trinajstić information content (AvgIpc) is 3.30. The first-order chi connectivity index (χ1) is 18.0. The Kier molecular flexibility index (Phi) is 9.31. The first-order valence-electron chi connectivity index (χ1n) is 12.3. The number of rotatable bonds is 11. The van der Waals surface area contributed by atoms with Gasteiger partial charge in [0.25, 0.3) is 5.91 Å². The molecule has 3 N–H and O–H groups in total. The van der Waals surface area contributed by atoms with E-state index in [4.69, 9.17) is 15.9 Å². The normalized spacial score (nSPS) is 14.7. The van der Waals surface area contributed by atoms with Gasteiger partial charge in [0, 0.05) is 56.2 Å². The third-order valence-electron chi connectivity index (χ3n) is 6.26. The van der Waals surface area contributed by atoms with Crippen LogP contribution in [-0.4, -0.2) is 77.9 Å². The summed E-state index contributed by atoms with van der Waals surface area (Å²) < 4.78 is 48.3. The van der Waals surface area contributed by atoms with Crippen LogP contribution in [0.2, 0.25) is 0 Å². The quantitative estimate of drug-likeness (QED) is 0.261. The summed E-state index contributed by atoms with van der Waals surface area (Å²) in [5.74, 6) is -0.273. The Morgan fingerprint density at radius 1 is 1.32 bits per heavy atom. The van der Waals surface area contributed by atoms with Crippen molar-refractivity contribution in [2.45, 2.75) is 39.5 Å². The molecule has 0 atom stereocenters. The number of nitrogens with zero attached hydrogens (tertiary/aromatic N) is 5. The summed E-state index contributed by atoms with van der Waals surface area (Å²) in [5.41, 5.74) is 7.98. The number of alkyl halides is 3. The predicted molar refractivity (Wildman–Crippen MR) is 140 cm³/mol. The van der Waals surface area contributed by atoms with E-state index in [1.165, 1.54) is 10.9 Å². The molecule has 12 heteroatoms. The molecule has 2 aromatic rings. The van der Waals surface area contributed by atoms with Crippen LogP contribution in [0.4, 0.5) is 13.2 Å². The van der Waals surface area contributed by atoms with E-state index < -0.39 is 11.9 Å². The molecule has 38 heavy (non-hydrogen) atoms. The molecule has 1 aromatic heterocycles. The summed E-state index contributed by atoms with van der Waals surface area (Å²) in [6.45, 7) is 5.46. The number of hydrogen-bond acceptors (Lipinski definition) is 7. The van der Waals surface area contributed by atoms with Gasteiger partial charge in [-0.05, 0) is 62.2 Å². The van der Waals surface area contributed by atoms with E-state index in [0.717, 1.165) is 6.40 Å². The van der Waals surface area contributed by atoms with Gasteiger partial charge in [0.05, 0.1) is 12.3 Å². The molecule has 0 spiro atoms. The van der Waals surface area contributed by atoms with Crippen molar-refractivity contribution in [3.8, 4) is 11.1 Å². The van der Waals surface area contributed by atoms with E-state index in [0.29, 0.717) is 66.3 Å². The fraction of sp³-hybridized carbons (Fsp3) is 0.462. The second-order valence-corrected chi connectivity index (χ2v) is 9.22. The molecule has 3 rings (SSSR count). The van der Waals surface area contributed by atoms with Gasteiger partial charge in [0.2, 0.25) is 0 Å². The van der Waals surface area contributed by atoms with Crippen LogP contribution < -0.4 is 5.73 Å². The van der Waals surface area contributed by atoms with Gasteiger partial charge in [-0.2, -0.15) is 18.3 Å². The third kappa shape index (κ3) is 6.80. The number of amides is 1. The number of aliphatic imine (C=N–C) groups is 1. The maximum absolute atomic E-state index is 14.0.